The number of benzene rings is 7. The molecule has 5 heteroatoms. The van der Waals surface area contributed by atoms with Crippen molar-refractivity contribution in [1.82, 2.24) is 9.13 Å². The molecule has 0 fully saturated rings. The van der Waals surface area contributed by atoms with Crippen LogP contribution in [0.5, 0.6) is 0 Å². The summed E-state index contributed by atoms with van der Waals surface area (Å²) in [6, 6.07) is 57.8. The molecule has 7 aromatic carbocycles. The van der Waals surface area contributed by atoms with E-state index in [1.165, 1.54) is 0 Å². The van der Waals surface area contributed by atoms with Gasteiger partial charge in [-0.1, -0.05) is 91.0 Å². The maximum absolute atomic E-state index is 10.6. The fourth-order valence-electron chi connectivity index (χ4n) is 7.46. The lowest BCUT2D eigenvalue weighted by atomic mass is 9.92. The topological polar surface area (TPSA) is 81.2 Å². The van der Waals surface area contributed by atoms with E-state index >= 15 is 0 Å². The third-order valence-corrected chi connectivity index (χ3v) is 9.64. The number of hydrogen-bond donors (Lipinski definition) is 0. The first kappa shape index (κ1) is 28.8. The van der Waals surface area contributed by atoms with Crippen molar-refractivity contribution in [3.05, 3.63) is 168 Å². The molecule has 0 radical (unpaired) electrons. The van der Waals surface area contributed by atoms with Crippen molar-refractivity contribution >= 4 is 43.6 Å². The SMILES string of the molecule is N#Cc1ccc2c(c1)c1ccc(C#N)cc1n2-c1ccccc1-c1ccccc1-c1ccc(-n2c3ccccc3c3ccccc32)c(C#N)c1. The van der Waals surface area contributed by atoms with Gasteiger partial charge in [0.05, 0.1) is 62.3 Å². The first-order valence-electron chi connectivity index (χ1n) is 16.3. The van der Waals surface area contributed by atoms with Crippen LogP contribution in [-0.2, 0) is 0 Å². The zero-order chi connectivity index (χ0) is 33.8. The van der Waals surface area contributed by atoms with Gasteiger partial charge >= 0.3 is 0 Å². The smallest absolute Gasteiger partial charge is 0.101 e. The number of para-hydroxylation sites is 3. The molecule has 0 aliphatic rings. The maximum Gasteiger partial charge on any atom is 0.101 e. The average Bonchev–Trinajstić information content (AvgIpc) is 3.69. The minimum absolute atomic E-state index is 0.562. The lowest BCUT2D eigenvalue weighted by Gasteiger charge is -2.18. The Morgan fingerprint density at radius 1 is 0.360 bits per heavy atom. The zero-order valence-corrected chi connectivity index (χ0v) is 26.7. The van der Waals surface area contributed by atoms with Crippen LogP contribution in [0.15, 0.2) is 152 Å². The lowest BCUT2D eigenvalue weighted by molar-refractivity contribution is 1.17. The molecule has 0 spiro atoms. The van der Waals surface area contributed by atoms with Crippen molar-refractivity contribution in [2.75, 3.05) is 0 Å². The van der Waals surface area contributed by atoms with Gasteiger partial charge < -0.3 is 9.13 Å². The van der Waals surface area contributed by atoms with Crippen LogP contribution in [-0.4, -0.2) is 9.13 Å². The van der Waals surface area contributed by atoms with Gasteiger partial charge in [0.25, 0.3) is 0 Å². The summed E-state index contributed by atoms with van der Waals surface area (Å²) in [5, 5.41) is 34.3. The predicted molar refractivity (Wildman–Crippen MR) is 200 cm³/mol. The molecule has 0 aliphatic carbocycles. The van der Waals surface area contributed by atoms with Crippen molar-refractivity contribution in [2.45, 2.75) is 0 Å². The van der Waals surface area contributed by atoms with E-state index in [2.05, 4.69) is 88.0 Å². The minimum atomic E-state index is 0.562. The Kier molecular flexibility index (Phi) is 6.56. The maximum atomic E-state index is 10.6. The molecule has 9 aromatic rings. The number of nitrogens with zero attached hydrogens (tertiary/aromatic N) is 5. The highest BCUT2D eigenvalue weighted by Gasteiger charge is 2.20. The summed E-state index contributed by atoms with van der Waals surface area (Å²) in [6.07, 6.45) is 0. The van der Waals surface area contributed by atoms with Crippen LogP contribution >= 0.6 is 0 Å². The van der Waals surface area contributed by atoms with Gasteiger partial charge in [-0.2, -0.15) is 15.8 Å². The zero-order valence-electron chi connectivity index (χ0n) is 26.7. The highest BCUT2D eigenvalue weighted by atomic mass is 15.0. The van der Waals surface area contributed by atoms with Crippen molar-refractivity contribution in [1.29, 1.82) is 15.8 Å². The Labute approximate surface area is 287 Å². The fraction of sp³-hybridized carbons (Fsp3) is 0. The summed E-state index contributed by atoms with van der Waals surface area (Å²) in [6.45, 7) is 0. The van der Waals surface area contributed by atoms with E-state index < -0.39 is 0 Å². The summed E-state index contributed by atoms with van der Waals surface area (Å²) >= 11 is 0. The highest BCUT2D eigenvalue weighted by Crippen LogP contribution is 2.41. The fourth-order valence-corrected chi connectivity index (χ4v) is 7.46. The van der Waals surface area contributed by atoms with Gasteiger partial charge in [-0.3, -0.25) is 0 Å². The Hall–Kier alpha value is -7.39. The molecule has 0 saturated heterocycles. The second-order valence-corrected chi connectivity index (χ2v) is 12.3. The van der Waals surface area contributed by atoms with Gasteiger partial charge in [-0.15, -0.1) is 0 Å². The van der Waals surface area contributed by atoms with E-state index in [0.29, 0.717) is 16.7 Å². The molecule has 2 aromatic heterocycles. The second kappa shape index (κ2) is 11.4. The monoisotopic (exact) mass is 635 g/mol. The van der Waals surface area contributed by atoms with Crippen molar-refractivity contribution in [2.24, 2.45) is 0 Å². The van der Waals surface area contributed by atoms with Crippen molar-refractivity contribution < 1.29 is 0 Å². The molecule has 0 unspecified atom stereocenters. The molecule has 0 N–H and O–H groups in total. The molecule has 0 bridgehead atoms. The summed E-state index contributed by atoms with van der Waals surface area (Å²) in [7, 11) is 0. The molecular formula is C45H25N5. The Bertz CT molecular complexity index is 2920. The van der Waals surface area contributed by atoms with Crippen LogP contribution in [0.4, 0.5) is 0 Å². The minimum Gasteiger partial charge on any atom is -0.309 e. The molecule has 0 saturated carbocycles. The molecular weight excluding hydrogens is 611 g/mol. The van der Waals surface area contributed by atoms with Gasteiger partial charge in [-0.05, 0) is 77.4 Å². The van der Waals surface area contributed by atoms with Crippen molar-refractivity contribution in [3.8, 4) is 51.8 Å². The van der Waals surface area contributed by atoms with Crippen LogP contribution in [0.25, 0.3) is 77.2 Å². The average molecular weight is 636 g/mol. The Morgan fingerprint density at radius 2 is 0.920 bits per heavy atom. The molecule has 5 nitrogen and oxygen atoms in total. The second-order valence-electron chi connectivity index (χ2n) is 12.3. The Morgan fingerprint density at radius 3 is 1.64 bits per heavy atom. The third-order valence-electron chi connectivity index (χ3n) is 9.64. The van der Waals surface area contributed by atoms with E-state index in [9.17, 15) is 15.8 Å². The molecule has 0 amide bonds. The standard InChI is InChI=1S/C45H25N5/c46-26-29-18-21-44-39(23-29)38-20-17-30(27-47)24-45(38)50(44)41-14-6-3-11-35(41)34-10-2-1-9-33(34)31-19-22-40(32(25-31)28-48)49-42-15-7-4-12-36(42)37-13-5-8-16-43(37)49/h1-25H. The normalized spacial score (nSPS) is 11.1. The van der Waals surface area contributed by atoms with Crippen LogP contribution in [0.1, 0.15) is 16.7 Å². The molecule has 2 heterocycles. The van der Waals surface area contributed by atoms with E-state index in [0.717, 1.165) is 77.2 Å². The number of nitriles is 3. The summed E-state index contributed by atoms with van der Waals surface area (Å²) in [4.78, 5) is 0. The highest BCUT2D eigenvalue weighted by molar-refractivity contribution is 6.11. The van der Waals surface area contributed by atoms with Gasteiger partial charge in [0.1, 0.15) is 6.07 Å². The van der Waals surface area contributed by atoms with E-state index in [1.807, 2.05) is 91.0 Å². The van der Waals surface area contributed by atoms with E-state index in [-0.39, 0.29) is 0 Å². The quantitative estimate of drug-likeness (QED) is 0.193. The summed E-state index contributed by atoms with van der Waals surface area (Å²) in [5.41, 5.74) is 11.4. The van der Waals surface area contributed by atoms with Crippen LogP contribution in [0.3, 0.4) is 0 Å². The third kappa shape index (κ3) is 4.31. The number of fused-ring (bicyclic) bond motifs is 6. The molecule has 50 heavy (non-hydrogen) atoms. The molecule has 0 aliphatic heterocycles. The summed E-state index contributed by atoms with van der Waals surface area (Å²) < 4.78 is 4.37. The number of hydrogen-bond acceptors (Lipinski definition) is 3. The van der Waals surface area contributed by atoms with Gasteiger partial charge in [-0.25, -0.2) is 0 Å². The molecule has 0 atom stereocenters. The summed E-state index contributed by atoms with van der Waals surface area (Å²) in [5.74, 6) is 0. The van der Waals surface area contributed by atoms with Gasteiger partial charge in [0.2, 0.25) is 0 Å². The van der Waals surface area contributed by atoms with Crippen molar-refractivity contribution in [3.63, 3.8) is 0 Å². The van der Waals surface area contributed by atoms with Gasteiger partial charge in [0.15, 0.2) is 0 Å². The van der Waals surface area contributed by atoms with Crippen LogP contribution < -0.4 is 0 Å². The number of rotatable bonds is 4. The van der Waals surface area contributed by atoms with Crippen LogP contribution in [0.2, 0.25) is 0 Å². The molecule has 230 valence electrons. The first-order valence-corrected chi connectivity index (χ1v) is 16.3. The van der Waals surface area contributed by atoms with Gasteiger partial charge in [0, 0.05) is 27.1 Å². The van der Waals surface area contributed by atoms with E-state index in [4.69, 9.17) is 0 Å². The largest absolute Gasteiger partial charge is 0.309 e. The predicted octanol–water partition coefficient (Wildman–Crippen LogP) is 10.8. The first-order chi connectivity index (χ1) is 24.7. The van der Waals surface area contributed by atoms with Crippen LogP contribution in [0, 0.1) is 34.0 Å². The molecule has 9 rings (SSSR count). The van der Waals surface area contributed by atoms with E-state index in [1.54, 1.807) is 0 Å². The number of aromatic nitrogens is 2. The Balaban J connectivity index is 1.25. The lowest BCUT2D eigenvalue weighted by Crippen LogP contribution is -1.99.